The highest BCUT2D eigenvalue weighted by atomic mass is 16.2. The first-order valence-electron chi connectivity index (χ1n) is 10.4. The fourth-order valence-corrected chi connectivity index (χ4v) is 4.81. The van der Waals surface area contributed by atoms with Gasteiger partial charge < -0.3 is 14.8 Å². The quantitative estimate of drug-likeness (QED) is 0.738. The number of fused-ring (bicyclic) bond motifs is 2. The van der Waals surface area contributed by atoms with E-state index in [0.717, 1.165) is 67.9 Å². The van der Waals surface area contributed by atoms with E-state index in [9.17, 15) is 4.79 Å². The molecular formula is C23H27N4O+. The van der Waals surface area contributed by atoms with Gasteiger partial charge in [-0.25, -0.2) is 4.98 Å². The Labute approximate surface area is 165 Å². The van der Waals surface area contributed by atoms with Crippen molar-refractivity contribution >= 4 is 22.6 Å². The van der Waals surface area contributed by atoms with Crippen molar-refractivity contribution in [1.29, 1.82) is 0 Å². The number of nitrogens with zero attached hydrogens (tertiary/aromatic N) is 2. The highest BCUT2D eigenvalue weighted by molar-refractivity contribution is 5.95. The Morgan fingerprint density at radius 3 is 2.93 bits per heavy atom. The number of anilines is 1. The fraction of sp³-hybridized carbons (Fsp3) is 0.391. The molecule has 1 aromatic heterocycles. The van der Waals surface area contributed by atoms with Gasteiger partial charge in [0.1, 0.15) is 5.82 Å². The van der Waals surface area contributed by atoms with Crippen LogP contribution in [0.15, 0.2) is 48.5 Å². The lowest BCUT2D eigenvalue weighted by molar-refractivity contribution is -0.898. The van der Waals surface area contributed by atoms with Crippen LogP contribution in [0.5, 0.6) is 0 Å². The van der Waals surface area contributed by atoms with Crippen molar-refractivity contribution in [3.05, 3.63) is 59.9 Å². The smallest absolute Gasteiger partial charge is 0.282 e. The number of aromatic nitrogens is 2. The van der Waals surface area contributed by atoms with Crippen LogP contribution < -0.4 is 9.80 Å². The van der Waals surface area contributed by atoms with Crippen LogP contribution in [0.1, 0.15) is 36.6 Å². The summed E-state index contributed by atoms with van der Waals surface area (Å²) in [4.78, 5) is 24.8. The van der Waals surface area contributed by atoms with Crippen LogP contribution in [0.2, 0.25) is 0 Å². The molecule has 5 heteroatoms. The summed E-state index contributed by atoms with van der Waals surface area (Å²) in [5, 5.41) is 0. The van der Waals surface area contributed by atoms with Gasteiger partial charge in [0.2, 0.25) is 0 Å². The van der Waals surface area contributed by atoms with E-state index in [0.29, 0.717) is 12.5 Å². The average molecular weight is 375 g/mol. The molecule has 28 heavy (non-hydrogen) atoms. The molecular weight excluding hydrogens is 348 g/mol. The van der Waals surface area contributed by atoms with E-state index < -0.39 is 0 Å². The number of imidazole rings is 1. The number of H-pyrrole nitrogens is 1. The minimum absolute atomic E-state index is 0.257. The molecule has 2 aromatic carbocycles. The molecule has 144 valence electrons. The SMILES string of the molecule is O=C(C[NH+]1CCC[C@@H](c2nc3ccccc3[nH]2)C1)N1CCCc2ccccc21. The predicted molar refractivity (Wildman–Crippen MR) is 111 cm³/mol. The van der Waals surface area contributed by atoms with Crippen molar-refractivity contribution < 1.29 is 9.69 Å². The van der Waals surface area contributed by atoms with Crippen LogP contribution in [-0.2, 0) is 11.2 Å². The summed E-state index contributed by atoms with van der Waals surface area (Å²) in [7, 11) is 0. The number of likely N-dealkylation sites (tertiary alicyclic amines) is 1. The zero-order valence-corrected chi connectivity index (χ0v) is 16.2. The number of hydrogen-bond acceptors (Lipinski definition) is 2. The molecule has 1 unspecified atom stereocenters. The van der Waals surface area contributed by atoms with Crippen LogP contribution in [0.25, 0.3) is 11.0 Å². The third kappa shape index (κ3) is 3.31. The lowest BCUT2D eigenvalue weighted by atomic mass is 9.97. The second kappa shape index (κ2) is 7.40. The zero-order chi connectivity index (χ0) is 18.9. The summed E-state index contributed by atoms with van der Waals surface area (Å²) in [6.07, 6.45) is 4.41. The lowest BCUT2D eigenvalue weighted by Gasteiger charge is -2.33. The molecule has 5 nitrogen and oxygen atoms in total. The number of quaternary nitrogens is 1. The Morgan fingerprint density at radius 1 is 1.14 bits per heavy atom. The Balaban J connectivity index is 1.29. The van der Waals surface area contributed by atoms with E-state index in [4.69, 9.17) is 4.98 Å². The van der Waals surface area contributed by atoms with Crippen LogP contribution in [0.3, 0.4) is 0 Å². The molecule has 0 radical (unpaired) electrons. The molecule has 0 bridgehead atoms. The second-order valence-electron chi connectivity index (χ2n) is 8.14. The lowest BCUT2D eigenvalue weighted by Crippen LogP contribution is -3.14. The topological polar surface area (TPSA) is 53.4 Å². The molecule has 1 saturated heterocycles. The van der Waals surface area contributed by atoms with Gasteiger partial charge in [0, 0.05) is 12.2 Å². The molecule has 2 atom stereocenters. The summed E-state index contributed by atoms with van der Waals surface area (Å²) in [6.45, 7) is 3.46. The second-order valence-corrected chi connectivity index (χ2v) is 8.14. The van der Waals surface area contributed by atoms with Crippen LogP contribution in [0, 0.1) is 0 Å². The van der Waals surface area contributed by atoms with Gasteiger partial charge in [0.25, 0.3) is 5.91 Å². The molecule has 2 aliphatic rings. The van der Waals surface area contributed by atoms with Crippen molar-refractivity contribution in [2.45, 2.75) is 31.6 Å². The number of carbonyl (C=O) groups is 1. The van der Waals surface area contributed by atoms with Gasteiger partial charge in [-0.05, 0) is 49.4 Å². The third-order valence-electron chi connectivity index (χ3n) is 6.22. The minimum atomic E-state index is 0.257. The van der Waals surface area contributed by atoms with Crippen molar-refractivity contribution in [2.24, 2.45) is 0 Å². The Hall–Kier alpha value is -2.66. The van der Waals surface area contributed by atoms with Gasteiger partial charge in [-0.15, -0.1) is 0 Å². The number of aromatic amines is 1. The third-order valence-corrected chi connectivity index (χ3v) is 6.22. The minimum Gasteiger partial charge on any atom is -0.342 e. The highest BCUT2D eigenvalue weighted by Crippen LogP contribution is 2.26. The molecule has 0 aliphatic carbocycles. The van der Waals surface area contributed by atoms with Crippen molar-refractivity contribution in [2.75, 3.05) is 31.1 Å². The van der Waals surface area contributed by atoms with Crippen molar-refractivity contribution in [1.82, 2.24) is 9.97 Å². The van der Waals surface area contributed by atoms with Gasteiger partial charge in [-0.2, -0.15) is 0 Å². The Kier molecular flexibility index (Phi) is 4.61. The average Bonchev–Trinajstić information content (AvgIpc) is 3.18. The van der Waals surface area contributed by atoms with E-state index >= 15 is 0 Å². The van der Waals surface area contributed by atoms with Crippen LogP contribution in [-0.4, -0.2) is 42.1 Å². The molecule has 1 fully saturated rings. The number of carbonyl (C=O) groups excluding carboxylic acids is 1. The van der Waals surface area contributed by atoms with Crippen LogP contribution in [0.4, 0.5) is 5.69 Å². The van der Waals surface area contributed by atoms with Gasteiger partial charge in [0.05, 0.1) is 30.0 Å². The normalized spacial score (nSPS) is 22.2. The summed E-state index contributed by atoms with van der Waals surface area (Å²) < 4.78 is 0. The van der Waals surface area contributed by atoms with Crippen molar-refractivity contribution in [3.63, 3.8) is 0 Å². The monoisotopic (exact) mass is 375 g/mol. The molecule has 1 amide bonds. The first-order valence-corrected chi connectivity index (χ1v) is 10.4. The van der Waals surface area contributed by atoms with E-state index in [1.165, 1.54) is 10.5 Å². The number of piperidine rings is 1. The molecule has 0 spiro atoms. The molecule has 2 aliphatic heterocycles. The highest BCUT2D eigenvalue weighted by Gasteiger charge is 2.31. The maximum absolute atomic E-state index is 13.1. The molecule has 0 saturated carbocycles. The van der Waals surface area contributed by atoms with E-state index in [-0.39, 0.29) is 5.91 Å². The summed E-state index contributed by atoms with van der Waals surface area (Å²) >= 11 is 0. The summed E-state index contributed by atoms with van der Waals surface area (Å²) in [5.41, 5.74) is 4.55. The van der Waals surface area contributed by atoms with E-state index in [1.54, 1.807) is 0 Å². The maximum Gasteiger partial charge on any atom is 0.282 e. The largest absolute Gasteiger partial charge is 0.342 e. The van der Waals surface area contributed by atoms with Crippen molar-refractivity contribution in [3.8, 4) is 0 Å². The number of aryl methyl sites for hydroxylation is 1. The fourth-order valence-electron chi connectivity index (χ4n) is 4.81. The number of nitrogens with one attached hydrogen (secondary N) is 2. The molecule has 3 aromatic rings. The number of amides is 1. The van der Waals surface area contributed by atoms with Gasteiger partial charge in [-0.3, -0.25) is 4.79 Å². The molecule has 5 rings (SSSR count). The standard InChI is InChI=1S/C23H26N4O/c28-22(27-14-6-8-17-7-1-4-12-21(17)27)16-26-13-5-9-18(15-26)23-24-19-10-2-3-11-20(19)25-23/h1-4,7,10-12,18H,5-6,8-9,13-16H2,(H,24,25)/p+1/t18-/m1/s1. The Morgan fingerprint density at radius 2 is 2.00 bits per heavy atom. The number of benzene rings is 2. The van der Waals surface area contributed by atoms with Gasteiger partial charge >= 0.3 is 0 Å². The summed E-state index contributed by atoms with van der Waals surface area (Å²) in [5.74, 6) is 1.74. The predicted octanol–water partition coefficient (Wildman–Crippen LogP) is 2.30. The first kappa shape index (κ1) is 17.4. The Bertz CT molecular complexity index is 962. The number of rotatable bonds is 3. The van der Waals surface area contributed by atoms with Gasteiger partial charge in [-0.1, -0.05) is 30.3 Å². The molecule has 2 N–H and O–H groups in total. The van der Waals surface area contributed by atoms with Crippen LogP contribution >= 0.6 is 0 Å². The first-order chi connectivity index (χ1) is 13.8. The van der Waals surface area contributed by atoms with Gasteiger partial charge in [0.15, 0.2) is 6.54 Å². The number of hydrogen-bond donors (Lipinski definition) is 2. The van der Waals surface area contributed by atoms with E-state index in [1.807, 2.05) is 23.1 Å². The molecule has 3 heterocycles. The van der Waals surface area contributed by atoms with E-state index in [2.05, 4.69) is 35.3 Å². The zero-order valence-electron chi connectivity index (χ0n) is 16.2. The number of para-hydroxylation sites is 3. The maximum atomic E-state index is 13.1. The summed E-state index contributed by atoms with van der Waals surface area (Å²) in [6, 6.07) is 16.6.